The molecule has 2 N–H and O–H groups in total. The highest BCUT2D eigenvalue weighted by molar-refractivity contribution is 5.92. The van der Waals surface area contributed by atoms with Crippen LogP contribution in [0.15, 0.2) is 54.6 Å². The van der Waals surface area contributed by atoms with Crippen LogP contribution in [0.5, 0.6) is 0 Å². The molecule has 2 aromatic carbocycles. The van der Waals surface area contributed by atoms with Crippen LogP contribution in [0.25, 0.3) is 0 Å². The van der Waals surface area contributed by atoms with Gasteiger partial charge in [0.05, 0.1) is 26.2 Å². The Morgan fingerprint density at radius 1 is 1.04 bits per heavy atom. The maximum absolute atomic E-state index is 12.4. The molecule has 1 aliphatic heterocycles. The average Bonchev–Trinajstić information content (AvgIpc) is 2.63. The van der Waals surface area contributed by atoms with Gasteiger partial charge in [-0.1, -0.05) is 43.3 Å². The Kier molecular flexibility index (Phi) is 5.49. The fraction of sp³-hybridized carbons (Fsp3) is 0.350. The summed E-state index contributed by atoms with van der Waals surface area (Å²) in [6.07, 6.45) is 0.930. The van der Waals surface area contributed by atoms with Gasteiger partial charge in [-0.05, 0) is 30.2 Å². The first-order valence-electron chi connectivity index (χ1n) is 8.77. The number of hydrogen-bond donors (Lipinski definition) is 2. The van der Waals surface area contributed by atoms with E-state index in [0.29, 0.717) is 6.54 Å². The van der Waals surface area contributed by atoms with Gasteiger partial charge in [-0.15, -0.1) is 0 Å². The second-order valence-corrected chi connectivity index (χ2v) is 6.31. The molecule has 24 heavy (non-hydrogen) atoms. The van der Waals surface area contributed by atoms with Crippen LogP contribution in [0.4, 0.5) is 11.4 Å². The van der Waals surface area contributed by atoms with Crippen LogP contribution in [0.3, 0.4) is 0 Å². The van der Waals surface area contributed by atoms with Crippen LogP contribution in [0.1, 0.15) is 12.5 Å². The normalized spacial score (nSPS) is 15.3. The van der Waals surface area contributed by atoms with Gasteiger partial charge >= 0.3 is 0 Å². The van der Waals surface area contributed by atoms with Crippen molar-refractivity contribution in [1.29, 1.82) is 0 Å². The maximum Gasteiger partial charge on any atom is 0.279 e. The first-order chi connectivity index (χ1) is 11.8. The molecule has 1 amide bonds. The summed E-state index contributed by atoms with van der Waals surface area (Å²) in [5.74, 6) is 0.110. The standard InChI is InChI=1S/C20H25N3O/c1-2-17-8-6-7-11-19(17)21-20(24)16-22-12-14-23(15-13-22)18-9-4-3-5-10-18/h3-11H,2,12-16H2,1H3,(H,21,24)/p+1. The molecule has 1 aliphatic rings. The maximum atomic E-state index is 12.4. The van der Waals surface area contributed by atoms with Crippen LogP contribution in [0.2, 0.25) is 0 Å². The fourth-order valence-electron chi connectivity index (χ4n) is 3.27. The molecule has 3 rings (SSSR count). The number of nitrogens with zero attached hydrogens (tertiary/aromatic N) is 1. The predicted molar refractivity (Wildman–Crippen MR) is 98.7 cm³/mol. The minimum absolute atomic E-state index is 0.110. The highest BCUT2D eigenvalue weighted by atomic mass is 16.2. The number of carbonyl (C=O) groups is 1. The minimum Gasteiger partial charge on any atom is -0.360 e. The van der Waals surface area contributed by atoms with Gasteiger partial charge in [0.25, 0.3) is 5.91 Å². The molecule has 0 bridgehead atoms. The third-order valence-corrected chi connectivity index (χ3v) is 4.67. The number of rotatable bonds is 5. The van der Waals surface area contributed by atoms with Gasteiger partial charge in [0.1, 0.15) is 0 Å². The van der Waals surface area contributed by atoms with Crippen molar-refractivity contribution in [2.45, 2.75) is 13.3 Å². The SMILES string of the molecule is CCc1ccccc1NC(=O)C[NH+]1CCN(c2ccccc2)CC1. The molecule has 126 valence electrons. The number of carbonyl (C=O) groups excluding carboxylic acids is 1. The Hall–Kier alpha value is -2.33. The Morgan fingerprint density at radius 3 is 2.42 bits per heavy atom. The number of benzene rings is 2. The van der Waals surface area contributed by atoms with Crippen molar-refractivity contribution in [3.8, 4) is 0 Å². The lowest BCUT2D eigenvalue weighted by Gasteiger charge is -2.33. The van der Waals surface area contributed by atoms with Crippen LogP contribution in [-0.2, 0) is 11.2 Å². The van der Waals surface area contributed by atoms with Gasteiger partial charge in [-0.25, -0.2) is 0 Å². The van der Waals surface area contributed by atoms with E-state index in [0.717, 1.165) is 38.3 Å². The fourth-order valence-corrected chi connectivity index (χ4v) is 3.27. The summed E-state index contributed by atoms with van der Waals surface area (Å²) in [4.78, 5) is 16.1. The second kappa shape index (κ2) is 7.97. The first-order valence-corrected chi connectivity index (χ1v) is 8.77. The van der Waals surface area contributed by atoms with Gasteiger partial charge in [0, 0.05) is 11.4 Å². The molecule has 4 heteroatoms. The van der Waals surface area contributed by atoms with Crippen LogP contribution < -0.4 is 15.1 Å². The highest BCUT2D eigenvalue weighted by Gasteiger charge is 2.22. The van der Waals surface area contributed by atoms with Crippen molar-refractivity contribution >= 4 is 17.3 Å². The van der Waals surface area contributed by atoms with Crippen LogP contribution in [0, 0.1) is 0 Å². The summed E-state index contributed by atoms with van der Waals surface area (Å²) in [5, 5.41) is 3.08. The molecule has 0 radical (unpaired) electrons. The Morgan fingerprint density at radius 2 is 1.71 bits per heavy atom. The van der Waals surface area contributed by atoms with Crippen molar-refractivity contribution in [2.75, 3.05) is 42.9 Å². The zero-order chi connectivity index (χ0) is 16.8. The van der Waals surface area contributed by atoms with E-state index in [-0.39, 0.29) is 5.91 Å². The minimum atomic E-state index is 0.110. The first kappa shape index (κ1) is 16.5. The summed E-state index contributed by atoms with van der Waals surface area (Å²) in [7, 11) is 0. The lowest BCUT2D eigenvalue weighted by Crippen LogP contribution is -3.15. The molecule has 0 aromatic heterocycles. The van der Waals surface area contributed by atoms with E-state index < -0.39 is 0 Å². The molecule has 0 atom stereocenters. The molecule has 4 nitrogen and oxygen atoms in total. The van der Waals surface area contributed by atoms with E-state index in [1.54, 1.807) is 0 Å². The van der Waals surface area contributed by atoms with Crippen molar-refractivity contribution < 1.29 is 9.69 Å². The second-order valence-electron chi connectivity index (χ2n) is 6.31. The number of anilines is 2. The summed E-state index contributed by atoms with van der Waals surface area (Å²) < 4.78 is 0. The van der Waals surface area contributed by atoms with Crippen molar-refractivity contribution in [1.82, 2.24) is 0 Å². The molecule has 0 aliphatic carbocycles. The summed E-state index contributed by atoms with van der Waals surface area (Å²) >= 11 is 0. The van der Waals surface area contributed by atoms with E-state index in [2.05, 4.69) is 47.5 Å². The lowest BCUT2D eigenvalue weighted by molar-refractivity contribution is -0.892. The molecular formula is C20H26N3O+. The van der Waals surface area contributed by atoms with E-state index in [4.69, 9.17) is 0 Å². The zero-order valence-electron chi connectivity index (χ0n) is 14.3. The van der Waals surface area contributed by atoms with Crippen molar-refractivity contribution in [3.05, 3.63) is 60.2 Å². The number of quaternary nitrogens is 1. The summed E-state index contributed by atoms with van der Waals surface area (Å²) in [6.45, 7) is 6.64. The Bertz CT molecular complexity index is 664. The number of hydrogen-bond acceptors (Lipinski definition) is 2. The third-order valence-electron chi connectivity index (χ3n) is 4.67. The molecule has 0 saturated carbocycles. The van der Waals surface area contributed by atoms with Gasteiger partial charge in [0.2, 0.25) is 0 Å². The zero-order valence-corrected chi connectivity index (χ0v) is 14.3. The molecule has 1 saturated heterocycles. The van der Waals surface area contributed by atoms with Crippen LogP contribution in [-0.4, -0.2) is 38.6 Å². The largest absolute Gasteiger partial charge is 0.360 e. The van der Waals surface area contributed by atoms with Gasteiger partial charge in [0.15, 0.2) is 6.54 Å². The topological polar surface area (TPSA) is 36.8 Å². The van der Waals surface area contributed by atoms with Gasteiger partial charge in [-0.2, -0.15) is 0 Å². The summed E-state index contributed by atoms with van der Waals surface area (Å²) in [6, 6.07) is 18.5. The molecular weight excluding hydrogens is 298 g/mol. The lowest BCUT2D eigenvalue weighted by atomic mass is 10.1. The number of piperazine rings is 1. The van der Waals surface area contributed by atoms with E-state index in [1.807, 2.05) is 24.3 Å². The molecule has 1 fully saturated rings. The van der Waals surface area contributed by atoms with Gasteiger partial charge in [-0.3, -0.25) is 4.79 Å². The van der Waals surface area contributed by atoms with E-state index >= 15 is 0 Å². The molecule has 1 heterocycles. The molecule has 0 spiro atoms. The highest BCUT2D eigenvalue weighted by Crippen LogP contribution is 2.15. The summed E-state index contributed by atoms with van der Waals surface area (Å²) in [5.41, 5.74) is 3.42. The van der Waals surface area contributed by atoms with E-state index in [9.17, 15) is 4.79 Å². The van der Waals surface area contributed by atoms with Crippen molar-refractivity contribution in [2.24, 2.45) is 0 Å². The number of amides is 1. The average molecular weight is 324 g/mol. The number of aryl methyl sites for hydroxylation is 1. The molecule has 0 unspecified atom stereocenters. The Labute approximate surface area is 144 Å². The number of nitrogens with one attached hydrogen (secondary N) is 2. The van der Waals surface area contributed by atoms with E-state index in [1.165, 1.54) is 16.2 Å². The monoisotopic (exact) mass is 324 g/mol. The van der Waals surface area contributed by atoms with Crippen LogP contribution >= 0.6 is 0 Å². The van der Waals surface area contributed by atoms with Crippen molar-refractivity contribution in [3.63, 3.8) is 0 Å². The Balaban J connectivity index is 1.50. The quantitative estimate of drug-likeness (QED) is 0.876. The number of para-hydroxylation sites is 2. The predicted octanol–water partition coefficient (Wildman–Crippen LogP) is 1.59. The third kappa shape index (κ3) is 4.15. The smallest absolute Gasteiger partial charge is 0.279 e. The van der Waals surface area contributed by atoms with Gasteiger partial charge < -0.3 is 15.1 Å². The molecule has 2 aromatic rings.